The van der Waals surface area contributed by atoms with E-state index in [1.54, 1.807) is 0 Å². The fourth-order valence-corrected chi connectivity index (χ4v) is 0.656. The standard InChI is InChI=1S/C6H4Br.C3H3F2.Y/c7-6-4-2-1-3-5-6;1-2-3(4)5;/h1-4H;2H,1H2;/q2*-1;. The molecule has 0 N–H and O–H groups in total. The van der Waals surface area contributed by atoms with Gasteiger partial charge in [0.15, 0.2) is 0 Å². The van der Waals surface area contributed by atoms with Gasteiger partial charge in [-0.25, -0.2) is 6.92 Å². The molecule has 0 unspecified atom stereocenters. The Balaban J connectivity index is 0. The molecule has 0 fully saturated rings. The molecule has 0 nitrogen and oxygen atoms in total. The van der Waals surface area contributed by atoms with Crippen LogP contribution in [0.1, 0.15) is 0 Å². The summed E-state index contributed by atoms with van der Waals surface area (Å²) in [7, 11) is 0. The van der Waals surface area contributed by atoms with Crippen LogP contribution >= 0.6 is 15.9 Å². The molecule has 1 aromatic rings. The van der Waals surface area contributed by atoms with Crippen molar-refractivity contribution >= 4 is 15.9 Å². The van der Waals surface area contributed by atoms with E-state index in [-0.39, 0.29) is 32.7 Å². The van der Waals surface area contributed by atoms with Crippen LogP contribution < -0.4 is 0 Å². The van der Waals surface area contributed by atoms with Crippen molar-refractivity contribution in [2.45, 2.75) is 0 Å². The van der Waals surface area contributed by atoms with Crippen molar-refractivity contribution in [2.24, 2.45) is 0 Å². The first-order chi connectivity index (χ1) is 5.66. The maximum absolute atomic E-state index is 10.6. The number of halogens is 3. The van der Waals surface area contributed by atoms with Gasteiger partial charge in [0.05, 0.1) is 0 Å². The normalized spacial score (nSPS) is 7.31. The van der Waals surface area contributed by atoms with Crippen LogP contribution in [0.15, 0.2) is 40.9 Å². The number of hydrogen-bond donors (Lipinski definition) is 0. The Morgan fingerprint density at radius 2 is 2.00 bits per heavy atom. The third-order valence-electron chi connectivity index (χ3n) is 0.825. The van der Waals surface area contributed by atoms with E-state index in [0.717, 1.165) is 4.47 Å². The fourth-order valence-electron chi connectivity index (χ4n) is 0.371. The predicted molar refractivity (Wildman–Crippen MR) is 48.6 cm³/mol. The molecule has 0 heterocycles. The van der Waals surface area contributed by atoms with Crippen LogP contribution in [0.3, 0.4) is 0 Å². The molecular weight excluding hydrogens is 315 g/mol. The van der Waals surface area contributed by atoms with Gasteiger partial charge >= 0.3 is 0 Å². The van der Waals surface area contributed by atoms with Crippen LogP contribution in [-0.2, 0) is 32.7 Å². The largest absolute Gasteiger partial charge is 0.289 e. The molecule has 4 heteroatoms. The minimum absolute atomic E-state index is 0. The quantitative estimate of drug-likeness (QED) is 0.637. The third kappa shape index (κ3) is 12.3. The summed E-state index contributed by atoms with van der Waals surface area (Å²) >= 11 is 3.26. The molecule has 0 aliphatic heterocycles. The first-order valence-corrected chi connectivity index (χ1v) is 3.88. The molecule has 0 atom stereocenters. The number of rotatable bonds is 0. The van der Waals surface area contributed by atoms with Gasteiger partial charge in [-0.3, -0.25) is 8.78 Å². The van der Waals surface area contributed by atoms with Crippen molar-refractivity contribution in [3.63, 3.8) is 0 Å². The first-order valence-electron chi connectivity index (χ1n) is 3.09. The van der Waals surface area contributed by atoms with Gasteiger partial charge < -0.3 is 0 Å². The van der Waals surface area contributed by atoms with Crippen LogP contribution in [0, 0.1) is 13.0 Å². The van der Waals surface area contributed by atoms with E-state index < -0.39 is 6.08 Å². The monoisotopic (exact) mass is 321 g/mol. The molecule has 0 amide bonds. The molecule has 0 aromatic heterocycles. The average Bonchev–Trinajstić information content (AvgIpc) is 2.07. The zero-order chi connectivity index (χ0) is 9.40. The Labute approximate surface area is 110 Å². The molecule has 0 saturated carbocycles. The molecule has 1 rings (SSSR count). The Morgan fingerprint density at radius 3 is 2.15 bits per heavy atom. The first kappa shape index (κ1) is 15.7. The summed E-state index contributed by atoms with van der Waals surface area (Å²) in [6.07, 6.45) is -1.23. The zero-order valence-corrected chi connectivity index (χ0v) is 11.2. The molecule has 1 aromatic carbocycles. The summed E-state index contributed by atoms with van der Waals surface area (Å²) in [5.41, 5.74) is 0. The predicted octanol–water partition coefficient (Wildman–Crippen LogP) is 3.85. The molecule has 0 aliphatic carbocycles. The van der Waals surface area contributed by atoms with Crippen LogP contribution in [0.2, 0.25) is 0 Å². The van der Waals surface area contributed by atoms with E-state index in [9.17, 15) is 8.78 Å². The Morgan fingerprint density at radius 1 is 1.46 bits per heavy atom. The van der Waals surface area contributed by atoms with Crippen LogP contribution in [-0.4, -0.2) is 0 Å². The van der Waals surface area contributed by atoms with Gasteiger partial charge in [0.1, 0.15) is 6.08 Å². The van der Waals surface area contributed by atoms with Crippen LogP contribution in [0.5, 0.6) is 0 Å². The number of allylic oxidation sites excluding steroid dienone is 1. The van der Waals surface area contributed by atoms with Crippen molar-refractivity contribution in [3.05, 3.63) is 53.9 Å². The minimum Gasteiger partial charge on any atom is -0.289 e. The van der Waals surface area contributed by atoms with Crippen molar-refractivity contribution in [2.75, 3.05) is 0 Å². The molecule has 0 aliphatic rings. The molecule has 1 radical (unpaired) electrons. The summed E-state index contributed by atoms with van der Waals surface area (Å²) in [6, 6.07) is 10.7. The van der Waals surface area contributed by atoms with Gasteiger partial charge in [-0.05, 0) is 0 Å². The molecular formula is C9H7BrF2Y-2. The average molecular weight is 322 g/mol. The van der Waals surface area contributed by atoms with Crippen molar-refractivity contribution in [1.82, 2.24) is 0 Å². The van der Waals surface area contributed by atoms with Crippen LogP contribution in [0.25, 0.3) is 0 Å². The smallest absolute Gasteiger partial charge is 0.107 e. The Hall–Kier alpha value is 0.274. The molecule has 0 bridgehead atoms. The van der Waals surface area contributed by atoms with E-state index in [1.807, 2.05) is 24.3 Å². The fraction of sp³-hybridized carbons (Fsp3) is 0. The second kappa shape index (κ2) is 10.4. The Bertz CT molecular complexity index is 233. The van der Waals surface area contributed by atoms with Gasteiger partial charge in [-0.1, -0.05) is 20.4 Å². The van der Waals surface area contributed by atoms with Gasteiger partial charge in [0.2, 0.25) is 0 Å². The summed E-state index contributed by atoms with van der Waals surface area (Å²) in [6.45, 7) is 2.77. The van der Waals surface area contributed by atoms with E-state index in [0.29, 0.717) is 6.08 Å². The summed E-state index contributed by atoms with van der Waals surface area (Å²) < 4.78 is 22.1. The second-order valence-corrected chi connectivity index (χ2v) is 2.56. The van der Waals surface area contributed by atoms with Gasteiger partial charge in [0, 0.05) is 32.7 Å². The molecule has 13 heavy (non-hydrogen) atoms. The SMILES string of the molecule is Brc1[c-]cccc1.[CH2-]C=C(F)F.[Y]. The number of hydrogen-bond acceptors (Lipinski definition) is 0. The summed E-state index contributed by atoms with van der Waals surface area (Å²) in [5, 5.41) is 0. The topological polar surface area (TPSA) is 0 Å². The van der Waals surface area contributed by atoms with Gasteiger partial charge in [-0.2, -0.15) is 36.4 Å². The third-order valence-corrected chi connectivity index (χ3v) is 1.32. The molecule has 69 valence electrons. The van der Waals surface area contributed by atoms with E-state index in [4.69, 9.17) is 0 Å². The van der Waals surface area contributed by atoms with E-state index in [2.05, 4.69) is 28.9 Å². The van der Waals surface area contributed by atoms with Crippen molar-refractivity contribution in [3.8, 4) is 0 Å². The van der Waals surface area contributed by atoms with Gasteiger partial charge in [0.25, 0.3) is 0 Å². The van der Waals surface area contributed by atoms with Crippen LogP contribution in [0.4, 0.5) is 8.78 Å². The van der Waals surface area contributed by atoms with Gasteiger partial charge in [-0.15, -0.1) is 0 Å². The maximum Gasteiger partial charge on any atom is 0.107 e. The minimum atomic E-state index is -1.73. The molecule has 0 spiro atoms. The van der Waals surface area contributed by atoms with Crippen molar-refractivity contribution < 1.29 is 41.5 Å². The summed E-state index contributed by atoms with van der Waals surface area (Å²) in [5.74, 6) is 0. The molecule has 0 saturated heterocycles. The zero-order valence-electron chi connectivity index (χ0n) is 6.81. The maximum atomic E-state index is 10.6. The van der Waals surface area contributed by atoms with E-state index in [1.165, 1.54) is 0 Å². The summed E-state index contributed by atoms with van der Waals surface area (Å²) in [4.78, 5) is 0. The number of benzene rings is 1. The van der Waals surface area contributed by atoms with E-state index >= 15 is 0 Å². The van der Waals surface area contributed by atoms with Crippen molar-refractivity contribution in [1.29, 1.82) is 0 Å². The Kier molecular flexibility index (Phi) is 12.5. The second-order valence-electron chi connectivity index (χ2n) is 1.70.